The third kappa shape index (κ3) is 3.78. The fourth-order valence-electron chi connectivity index (χ4n) is 1.83. The predicted octanol–water partition coefficient (Wildman–Crippen LogP) is 2.67. The Morgan fingerprint density at radius 2 is 2.30 bits per heavy atom. The fraction of sp³-hybridized carbons (Fsp3) is 0.0667. The first-order chi connectivity index (χ1) is 11.2. The Bertz CT molecular complexity index is 851. The van der Waals surface area contributed by atoms with Crippen molar-refractivity contribution in [2.45, 2.75) is 5.16 Å². The zero-order chi connectivity index (χ0) is 16.1. The minimum absolute atomic E-state index is 0.159. The van der Waals surface area contributed by atoms with E-state index in [1.165, 1.54) is 11.8 Å². The molecule has 0 spiro atoms. The third-order valence-electron chi connectivity index (χ3n) is 2.83. The normalized spacial score (nSPS) is 10.2. The van der Waals surface area contributed by atoms with Crippen molar-refractivity contribution >= 4 is 23.4 Å². The van der Waals surface area contributed by atoms with Crippen LogP contribution in [0.4, 0.5) is 5.69 Å². The Balaban J connectivity index is 1.56. The van der Waals surface area contributed by atoms with Crippen LogP contribution in [0.5, 0.6) is 0 Å². The summed E-state index contributed by atoms with van der Waals surface area (Å²) in [7, 11) is 0. The Morgan fingerprint density at radius 3 is 3.09 bits per heavy atom. The minimum atomic E-state index is -0.200. The number of thioether (sulfide) groups is 1. The van der Waals surface area contributed by atoms with Gasteiger partial charge < -0.3 is 9.73 Å². The number of carbonyl (C=O) groups is 1. The number of carbonyl (C=O) groups excluding carboxylic acids is 1. The van der Waals surface area contributed by atoms with E-state index >= 15 is 0 Å². The van der Waals surface area contributed by atoms with Crippen LogP contribution in [0.25, 0.3) is 11.6 Å². The highest BCUT2D eigenvalue weighted by Crippen LogP contribution is 2.19. The van der Waals surface area contributed by atoms with Gasteiger partial charge in [0.1, 0.15) is 0 Å². The van der Waals surface area contributed by atoms with Gasteiger partial charge in [-0.1, -0.05) is 17.8 Å². The van der Waals surface area contributed by atoms with Crippen molar-refractivity contribution < 1.29 is 9.21 Å². The van der Waals surface area contributed by atoms with E-state index in [9.17, 15) is 4.79 Å². The quantitative estimate of drug-likeness (QED) is 0.698. The molecule has 0 aliphatic rings. The molecular weight excluding hydrogens is 314 g/mol. The summed E-state index contributed by atoms with van der Waals surface area (Å²) in [5.74, 6) is 1.06. The number of aromatic amines is 1. The number of nitrogens with zero attached hydrogens (tertiary/aromatic N) is 3. The number of H-pyrrole nitrogens is 1. The summed E-state index contributed by atoms with van der Waals surface area (Å²) in [5, 5.41) is 18.8. The largest absolute Gasteiger partial charge is 0.461 e. The number of benzene rings is 1. The summed E-state index contributed by atoms with van der Waals surface area (Å²) >= 11 is 1.20. The SMILES string of the molecule is N#Cc1cccc(NC(=O)CSc2n[nH]c(-c3ccco3)n2)c1. The molecule has 2 N–H and O–H groups in total. The van der Waals surface area contributed by atoms with E-state index in [1.807, 2.05) is 6.07 Å². The molecule has 0 radical (unpaired) electrons. The molecule has 0 aliphatic heterocycles. The molecule has 114 valence electrons. The Morgan fingerprint density at radius 1 is 1.39 bits per heavy atom. The minimum Gasteiger partial charge on any atom is -0.461 e. The lowest BCUT2D eigenvalue weighted by Gasteiger charge is -2.03. The summed E-state index contributed by atoms with van der Waals surface area (Å²) in [6, 6.07) is 12.3. The van der Waals surface area contributed by atoms with Crippen LogP contribution >= 0.6 is 11.8 Å². The highest BCUT2D eigenvalue weighted by Gasteiger charge is 2.10. The molecule has 0 bridgehead atoms. The van der Waals surface area contributed by atoms with E-state index in [1.54, 1.807) is 42.7 Å². The Labute approximate surface area is 135 Å². The van der Waals surface area contributed by atoms with Crippen molar-refractivity contribution in [1.82, 2.24) is 15.2 Å². The van der Waals surface area contributed by atoms with Crippen molar-refractivity contribution in [1.29, 1.82) is 5.26 Å². The first-order valence-electron chi connectivity index (χ1n) is 6.64. The van der Waals surface area contributed by atoms with Gasteiger partial charge in [-0.3, -0.25) is 9.89 Å². The summed E-state index contributed by atoms with van der Waals surface area (Å²) in [6.45, 7) is 0. The van der Waals surface area contributed by atoms with Gasteiger partial charge in [0.25, 0.3) is 0 Å². The summed E-state index contributed by atoms with van der Waals surface area (Å²) < 4.78 is 5.21. The zero-order valence-electron chi connectivity index (χ0n) is 11.8. The van der Waals surface area contributed by atoms with Gasteiger partial charge in [-0.2, -0.15) is 10.2 Å². The van der Waals surface area contributed by atoms with Gasteiger partial charge in [0.05, 0.1) is 23.6 Å². The van der Waals surface area contributed by atoms with Crippen LogP contribution in [-0.4, -0.2) is 26.8 Å². The lowest BCUT2D eigenvalue weighted by molar-refractivity contribution is -0.113. The van der Waals surface area contributed by atoms with Crippen LogP contribution in [0.2, 0.25) is 0 Å². The van der Waals surface area contributed by atoms with Gasteiger partial charge in [-0.25, -0.2) is 0 Å². The highest BCUT2D eigenvalue weighted by atomic mass is 32.2. The molecular formula is C15H11N5O2S. The first kappa shape index (κ1) is 14.9. The highest BCUT2D eigenvalue weighted by molar-refractivity contribution is 7.99. The smallest absolute Gasteiger partial charge is 0.234 e. The molecule has 8 heteroatoms. The van der Waals surface area contributed by atoms with E-state index in [0.717, 1.165) is 0 Å². The van der Waals surface area contributed by atoms with E-state index < -0.39 is 0 Å². The lowest BCUT2D eigenvalue weighted by Crippen LogP contribution is -2.14. The Hall–Kier alpha value is -3.05. The van der Waals surface area contributed by atoms with E-state index in [4.69, 9.17) is 9.68 Å². The lowest BCUT2D eigenvalue weighted by atomic mass is 10.2. The predicted molar refractivity (Wildman–Crippen MR) is 84.6 cm³/mol. The molecule has 1 aromatic carbocycles. The second kappa shape index (κ2) is 6.81. The molecule has 2 heterocycles. The van der Waals surface area contributed by atoms with E-state index in [2.05, 4.69) is 20.5 Å². The van der Waals surface area contributed by atoms with Gasteiger partial charge in [0.2, 0.25) is 11.1 Å². The number of nitrogens with one attached hydrogen (secondary N) is 2. The van der Waals surface area contributed by atoms with Gasteiger partial charge in [0, 0.05) is 5.69 Å². The average molecular weight is 325 g/mol. The summed E-state index contributed by atoms with van der Waals surface area (Å²) in [6.07, 6.45) is 1.55. The number of anilines is 1. The molecule has 0 aliphatic carbocycles. The number of nitriles is 1. The van der Waals surface area contributed by atoms with Crippen molar-refractivity contribution in [3.05, 3.63) is 48.2 Å². The molecule has 0 saturated carbocycles. The number of furan rings is 1. The average Bonchev–Trinajstić information content (AvgIpc) is 3.24. The maximum Gasteiger partial charge on any atom is 0.234 e. The third-order valence-corrected chi connectivity index (χ3v) is 3.67. The van der Waals surface area contributed by atoms with Crippen molar-refractivity contribution in [2.75, 3.05) is 11.1 Å². The van der Waals surface area contributed by atoms with E-state index in [0.29, 0.717) is 28.0 Å². The van der Waals surface area contributed by atoms with Crippen LogP contribution in [0, 0.1) is 11.3 Å². The molecule has 3 rings (SSSR count). The second-order valence-electron chi connectivity index (χ2n) is 4.47. The molecule has 0 saturated heterocycles. The number of hydrogen-bond donors (Lipinski definition) is 2. The van der Waals surface area contributed by atoms with Crippen LogP contribution in [0.1, 0.15) is 5.56 Å². The Kier molecular flexibility index (Phi) is 4.40. The molecule has 0 unspecified atom stereocenters. The molecule has 7 nitrogen and oxygen atoms in total. The molecule has 0 atom stereocenters. The van der Waals surface area contributed by atoms with E-state index in [-0.39, 0.29) is 11.7 Å². The fourth-order valence-corrected chi connectivity index (χ4v) is 2.43. The zero-order valence-corrected chi connectivity index (χ0v) is 12.6. The molecule has 0 fully saturated rings. The number of amides is 1. The number of hydrogen-bond acceptors (Lipinski definition) is 6. The standard InChI is InChI=1S/C15H11N5O2S/c16-8-10-3-1-4-11(7-10)17-13(21)9-23-15-18-14(19-20-15)12-5-2-6-22-12/h1-7H,9H2,(H,17,21)(H,18,19,20). The van der Waals surface area contributed by atoms with Crippen LogP contribution < -0.4 is 5.32 Å². The molecule has 2 aromatic heterocycles. The summed E-state index contributed by atoms with van der Waals surface area (Å²) in [5.41, 5.74) is 1.08. The molecule has 23 heavy (non-hydrogen) atoms. The summed E-state index contributed by atoms with van der Waals surface area (Å²) in [4.78, 5) is 16.2. The van der Waals surface area contributed by atoms with Gasteiger partial charge in [0.15, 0.2) is 11.6 Å². The molecule has 1 amide bonds. The number of aromatic nitrogens is 3. The second-order valence-corrected chi connectivity index (χ2v) is 5.42. The van der Waals surface area contributed by atoms with Crippen molar-refractivity contribution in [3.8, 4) is 17.7 Å². The maximum atomic E-state index is 11.9. The van der Waals surface area contributed by atoms with Crippen LogP contribution in [0.3, 0.4) is 0 Å². The monoisotopic (exact) mass is 325 g/mol. The van der Waals surface area contributed by atoms with Crippen molar-refractivity contribution in [3.63, 3.8) is 0 Å². The van der Waals surface area contributed by atoms with Crippen LogP contribution in [-0.2, 0) is 4.79 Å². The maximum absolute atomic E-state index is 11.9. The number of rotatable bonds is 5. The molecule has 3 aromatic rings. The first-order valence-corrected chi connectivity index (χ1v) is 7.62. The van der Waals surface area contributed by atoms with Crippen LogP contribution in [0.15, 0.2) is 52.2 Å². The van der Waals surface area contributed by atoms with Gasteiger partial charge in [-0.05, 0) is 30.3 Å². The van der Waals surface area contributed by atoms with Gasteiger partial charge >= 0.3 is 0 Å². The van der Waals surface area contributed by atoms with Gasteiger partial charge in [-0.15, -0.1) is 5.10 Å². The topological polar surface area (TPSA) is 108 Å². The van der Waals surface area contributed by atoms with Crippen molar-refractivity contribution in [2.24, 2.45) is 0 Å².